The van der Waals surface area contributed by atoms with E-state index in [1.807, 2.05) is 0 Å². The van der Waals surface area contributed by atoms with Crippen LogP contribution >= 0.6 is 0 Å². The van der Waals surface area contributed by atoms with E-state index in [4.69, 9.17) is 5.11 Å². The first-order valence-electron chi connectivity index (χ1n) is 4.65. The van der Waals surface area contributed by atoms with E-state index in [1.165, 1.54) is 0 Å². The van der Waals surface area contributed by atoms with Gasteiger partial charge in [0.25, 0.3) is 0 Å². The standard InChI is InChI=1S/C10H6F3NO5/c11-6-2-3-7(19-10(12)13)9(14(17)18)5(6)1-4-8(15)16/h1-4,10H,(H,15,16)/b4-1+. The number of ether oxygens (including phenoxy) is 1. The molecule has 9 heteroatoms. The molecule has 1 N–H and O–H groups in total. The van der Waals surface area contributed by atoms with Crippen molar-refractivity contribution < 1.29 is 32.7 Å². The highest BCUT2D eigenvalue weighted by atomic mass is 19.3. The number of carboxylic acids is 1. The summed E-state index contributed by atoms with van der Waals surface area (Å²) in [5, 5.41) is 19.1. The van der Waals surface area contributed by atoms with Gasteiger partial charge in [-0.1, -0.05) is 0 Å². The van der Waals surface area contributed by atoms with Crippen LogP contribution in [0.4, 0.5) is 18.9 Å². The maximum atomic E-state index is 13.4. The number of hydrogen-bond donors (Lipinski definition) is 1. The molecule has 0 aliphatic heterocycles. The van der Waals surface area contributed by atoms with Crippen molar-refractivity contribution in [2.45, 2.75) is 6.61 Å². The fourth-order valence-corrected chi connectivity index (χ4v) is 1.26. The number of benzene rings is 1. The SMILES string of the molecule is O=C(O)/C=C/c1c(F)ccc(OC(F)F)c1[N+](=O)[O-]. The zero-order valence-electron chi connectivity index (χ0n) is 9.05. The summed E-state index contributed by atoms with van der Waals surface area (Å²) in [5.74, 6) is -3.47. The number of nitro groups is 1. The van der Waals surface area contributed by atoms with Crippen LogP contribution in [0.25, 0.3) is 6.08 Å². The predicted octanol–water partition coefficient (Wildman–Crippen LogP) is 2.43. The van der Waals surface area contributed by atoms with Crippen molar-refractivity contribution in [3.63, 3.8) is 0 Å². The molecule has 102 valence electrons. The van der Waals surface area contributed by atoms with Gasteiger partial charge in [0.15, 0.2) is 0 Å². The number of carboxylic acid groups (broad SMARTS) is 1. The van der Waals surface area contributed by atoms with Crippen molar-refractivity contribution in [1.29, 1.82) is 0 Å². The van der Waals surface area contributed by atoms with Crippen LogP contribution in [0.3, 0.4) is 0 Å². The smallest absolute Gasteiger partial charge is 0.387 e. The summed E-state index contributed by atoms with van der Waals surface area (Å²) in [7, 11) is 0. The highest BCUT2D eigenvalue weighted by molar-refractivity contribution is 5.86. The van der Waals surface area contributed by atoms with Crippen LogP contribution in [0, 0.1) is 15.9 Å². The molecular formula is C10H6F3NO5. The molecule has 1 rings (SSSR count). The molecule has 0 aliphatic rings. The maximum Gasteiger partial charge on any atom is 0.387 e. The minimum absolute atomic E-state index is 0.442. The van der Waals surface area contributed by atoms with Crippen LogP contribution < -0.4 is 4.74 Å². The Balaban J connectivity index is 3.41. The van der Waals surface area contributed by atoms with E-state index in [-0.39, 0.29) is 0 Å². The first-order valence-corrected chi connectivity index (χ1v) is 4.65. The summed E-state index contributed by atoms with van der Waals surface area (Å²) in [5.41, 5.74) is -1.83. The zero-order chi connectivity index (χ0) is 14.6. The van der Waals surface area contributed by atoms with Gasteiger partial charge in [0.05, 0.1) is 10.5 Å². The fourth-order valence-electron chi connectivity index (χ4n) is 1.26. The van der Waals surface area contributed by atoms with Crippen LogP contribution in [0.15, 0.2) is 18.2 Å². The average Bonchev–Trinajstić information content (AvgIpc) is 2.28. The molecule has 0 aromatic heterocycles. The Labute approximate surface area is 103 Å². The molecule has 0 unspecified atom stereocenters. The number of nitro benzene ring substituents is 1. The van der Waals surface area contributed by atoms with Crippen LogP contribution in [0.5, 0.6) is 5.75 Å². The molecule has 1 aromatic rings. The van der Waals surface area contributed by atoms with Crippen molar-refractivity contribution in [3.05, 3.63) is 39.7 Å². The van der Waals surface area contributed by atoms with Crippen LogP contribution in [0.1, 0.15) is 5.56 Å². The lowest BCUT2D eigenvalue weighted by atomic mass is 10.1. The van der Waals surface area contributed by atoms with E-state index < -0.39 is 40.3 Å². The molecule has 0 saturated heterocycles. The molecule has 0 fully saturated rings. The van der Waals surface area contributed by atoms with Crippen LogP contribution in [0.2, 0.25) is 0 Å². The molecule has 6 nitrogen and oxygen atoms in total. The van der Waals surface area contributed by atoms with E-state index in [0.717, 1.165) is 0 Å². The van der Waals surface area contributed by atoms with Gasteiger partial charge in [-0.25, -0.2) is 9.18 Å². The monoisotopic (exact) mass is 277 g/mol. The third-order valence-corrected chi connectivity index (χ3v) is 1.92. The molecular weight excluding hydrogens is 271 g/mol. The first kappa shape index (κ1) is 14.5. The van der Waals surface area contributed by atoms with Gasteiger partial charge in [-0.15, -0.1) is 0 Å². The molecule has 0 radical (unpaired) electrons. The summed E-state index contributed by atoms with van der Waals surface area (Å²) in [6.45, 7) is -3.33. The summed E-state index contributed by atoms with van der Waals surface area (Å²) in [6, 6.07) is 1.32. The largest absolute Gasteiger partial charge is 0.478 e. The molecule has 0 saturated carbocycles. The average molecular weight is 277 g/mol. The van der Waals surface area contributed by atoms with E-state index in [0.29, 0.717) is 24.3 Å². The van der Waals surface area contributed by atoms with Gasteiger partial charge < -0.3 is 9.84 Å². The second-order valence-corrected chi connectivity index (χ2v) is 3.11. The molecule has 19 heavy (non-hydrogen) atoms. The lowest BCUT2D eigenvalue weighted by Gasteiger charge is -2.07. The first-order chi connectivity index (χ1) is 8.82. The quantitative estimate of drug-likeness (QED) is 0.507. The molecule has 0 atom stereocenters. The lowest BCUT2D eigenvalue weighted by Crippen LogP contribution is -2.06. The van der Waals surface area contributed by atoms with Crippen LogP contribution in [-0.4, -0.2) is 22.6 Å². The van der Waals surface area contributed by atoms with E-state index in [9.17, 15) is 28.1 Å². The summed E-state index contributed by atoms with van der Waals surface area (Å²) >= 11 is 0. The number of alkyl halides is 2. The molecule has 1 aromatic carbocycles. The molecule has 0 amide bonds. The molecule has 0 aliphatic carbocycles. The Hall–Kier alpha value is -2.58. The summed E-state index contributed by atoms with van der Waals surface area (Å²) in [4.78, 5) is 19.9. The summed E-state index contributed by atoms with van der Waals surface area (Å²) in [6.07, 6.45) is 1.03. The second kappa shape index (κ2) is 5.85. The van der Waals surface area contributed by atoms with E-state index >= 15 is 0 Å². The number of carbonyl (C=O) groups is 1. The van der Waals surface area contributed by atoms with Gasteiger partial charge in [0, 0.05) is 6.08 Å². The van der Waals surface area contributed by atoms with Crippen molar-refractivity contribution in [3.8, 4) is 5.75 Å². The Morgan fingerprint density at radius 1 is 1.47 bits per heavy atom. The third kappa shape index (κ3) is 3.69. The molecule has 0 spiro atoms. The maximum absolute atomic E-state index is 13.4. The zero-order valence-corrected chi connectivity index (χ0v) is 9.05. The summed E-state index contributed by atoms with van der Waals surface area (Å²) < 4.78 is 41.4. The Morgan fingerprint density at radius 2 is 2.11 bits per heavy atom. The van der Waals surface area contributed by atoms with E-state index in [2.05, 4.69) is 4.74 Å². The predicted molar refractivity (Wildman–Crippen MR) is 56.4 cm³/mol. The molecule has 0 bridgehead atoms. The number of hydrogen-bond acceptors (Lipinski definition) is 4. The van der Waals surface area contributed by atoms with Crippen molar-refractivity contribution >= 4 is 17.7 Å². The lowest BCUT2D eigenvalue weighted by molar-refractivity contribution is -0.386. The Morgan fingerprint density at radius 3 is 2.58 bits per heavy atom. The van der Waals surface area contributed by atoms with Gasteiger partial charge in [-0.3, -0.25) is 10.1 Å². The van der Waals surface area contributed by atoms with Gasteiger partial charge >= 0.3 is 18.3 Å². The highest BCUT2D eigenvalue weighted by Crippen LogP contribution is 2.34. The van der Waals surface area contributed by atoms with E-state index in [1.54, 1.807) is 0 Å². The highest BCUT2D eigenvalue weighted by Gasteiger charge is 2.25. The van der Waals surface area contributed by atoms with Crippen molar-refractivity contribution in [2.24, 2.45) is 0 Å². The van der Waals surface area contributed by atoms with Crippen molar-refractivity contribution in [2.75, 3.05) is 0 Å². The third-order valence-electron chi connectivity index (χ3n) is 1.92. The Kier molecular flexibility index (Phi) is 4.46. The Bertz CT molecular complexity index is 544. The van der Waals surface area contributed by atoms with Gasteiger partial charge in [0.1, 0.15) is 5.82 Å². The van der Waals surface area contributed by atoms with Gasteiger partial charge in [-0.2, -0.15) is 8.78 Å². The fraction of sp³-hybridized carbons (Fsp3) is 0.100. The van der Waals surface area contributed by atoms with Gasteiger partial charge in [-0.05, 0) is 18.2 Å². The molecule has 0 heterocycles. The minimum Gasteiger partial charge on any atom is -0.478 e. The van der Waals surface area contributed by atoms with Crippen molar-refractivity contribution in [1.82, 2.24) is 0 Å². The minimum atomic E-state index is -3.33. The topological polar surface area (TPSA) is 89.7 Å². The van der Waals surface area contributed by atoms with Crippen LogP contribution in [-0.2, 0) is 4.79 Å². The number of halogens is 3. The number of rotatable bonds is 5. The van der Waals surface area contributed by atoms with Gasteiger partial charge in [0.2, 0.25) is 5.75 Å². The number of nitrogens with zero attached hydrogens (tertiary/aromatic N) is 1. The normalized spacial score (nSPS) is 10.9. The number of aliphatic carboxylic acids is 1. The second-order valence-electron chi connectivity index (χ2n) is 3.11.